The molecule has 1 amide bonds. The lowest BCUT2D eigenvalue weighted by Gasteiger charge is -2.19. The highest BCUT2D eigenvalue weighted by molar-refractivity contribution is 7.15. The number of hydrogen-bond donors (Lipinski definition) is 2. The summed E-state index contributed by atoms with van der Waals surface area (Å²) in [5.41, 5.74) is 6.32. The van der Waals surface area contributed by atoms with Gasteiger partial charge in [0.1, 0.15) is 16.5 Å². The van der Waals surface area contributed by atoms with E-state index in [2.05, 4.69) is 20.5 Å². The number of aromatic nitrogens is 4. The zero-order chi connectivity index (χ0) is 14.1. The van der Waals surface area contributed by atoms with Gasteiger partial charge in [0.15, 0.2) is 0 Å². The van der Waals surface area contributed by atoms with Crippen LogP contribution in [0.4, 0.5) is 5.13 Å². The molecule has 1 atom stereocenters. The summed E-state index contributed by atoms with van der Waals surface area (Å²) in [6.07, 6.45) is 4.29. The van der Waals surface area contributed by atoms with E-state index in [0.29, 0.717) is 17.4 Å². The number of anilines is 1. The fraction of sp³-hybridized carbons (Fsp3) is 0.500. The van der Waals surface area contributed by atoms with Crippen LogP contribution in [0.5, 0.6) is 0 Å². The van der Waals surface area contributed by atoms with E-state index in [4.69, 9.17) is 5.73 Å². The molecule has 0 saturated carbocycles. The number of hydrogen-bond acceptors (Lipinski definition) is 6. The third kappa shape index (κ3) is 2.56. The monoisotopic (exact) mass is 292 g/mol. The minimum atomic E-state index is -0.251. The molecule has 0 spiro atoms. The number of nitrogens with two attached hydrogens (primary N) is 1. The molecule has 2 aromatic rings. The molecule has 0 aromatic carbocycles. The molecule has 0 fully saturated rings. The lowest BCUT2D eigenvalue weighted by Crippen LogP contribution is -2.31. The molecule has 3 N–H and O–H groups in total. The fourth-order valence-electron chi connectivity index (χ4n) is 2.19. The van der Waals surface area contributed by atoms with Gasteiger partial charge in [0, 0.05) is 25.2 Å². The number of fused-ring (bicyclic) bond motifs is 1. The van der Waals surface area contributed by atoms with Gasteiger partial charge in [-0.05, 0) is 12.8 Å². The quantitative estimate of drug-likeness (QED) is 0.872. The number of amides is 1. The summed E-state index contributed by atoms with van der Waals surface area (Å²) >= 11 is 1.38. The van der Waals surface area contributed by atoms with E-state index in [1.807, 2.05) is 11.5 Å². The van der Waals surface area contributed by atoms with Crippen molar-refractivity contribution in [1.29, 1.82) is 0 Å². The number of imidazole rings is 1. The van der Waals surface area contributed by atoms with E-state index >= 15 is 0 Å². The molecule has 20 heavy (non-hydrogen) atoms. The predicted octanol–water partition coefficient (Wildman–Crippen LogP) is 0.823. The molecule has 106 valence electrons. The van der Waals surface area contributed by atoms with Gasteiger partial charge in [-0.25, -0.2) is 4.98 Å². The zero-order valence-electron chi connectivity index (χ0n) is 11.2. The van der Waals surface area contributed by atoms with Crippen molar-refractivity contribution in [3.63, 3.8) is 0 Å². The van der Waals surface area contributed by atoms with Crippen LogP contribution in [-0.4, -0.2) is 31.7 Å². The fourth-order valence-corrected chi connectivity index (χ4v) is 2.86. The van der Waals surface area contributed by atoms with Crippen molar-refractivity contribution in [2.75, 3.05) is 5.32 Å². The number of aryl methyl sites for hydroxylation is 2. The summed E-state index contributed by atoms with van der Waals surface area (Å²) in [5, 5.41) is 12.0. The van der Waals surface area contributed by atoms with Crippen LogP contribution in [0.15, 0.2) is 6.20 Å². The first-order chi connectivity index (χ1) is 9.65. The molecule has 3 heterocycles. The highest BCUT2D eigenvalue weighted by Gasteiger charge is 2.20. The molecular weight excluding hydrogens is 276 g/mol. The molecule has 1 unspecified atom stereocenters. The number of carbonyl (C=O) groups is 1. The van der Waals surface area contributed by atoms with Gasteiger partial charge in [0.05, 0.1) is 0 Å². The van der Waals surface area contributed by atoms with Crippen LogP contribution in [0.1, 0.15) is 34.7 Å². The predicted molar refractivity (Wildman–Crippen MR) is 75.8 cm³/mol. The van der Waals surface area contributed by atoms with Crippen LogP contribution in [0.3, 0.4) is 0 Å². The maximum absolute atomic E-state index is 12.1. The molecular formula is C12H16N6OS. The molecule has 2 aromatic heterocycles. The first kappa shape index (κ1) is 13.2. The maximum atomic E-state index is 12.1. The second-order valence-corrected chi connectivity index (χ2v) is 5.86. The molecule has 0 saturated heterocycles. The Bertz CT molecular complexity index is 634. The van der Waals surface area contributed by atoms with Gasteiger partial charge in [-0.3, -0.25) is 10.1 Å². The number of nitrogens with one attached hydrogen (secondary N) is 1. The summed E-state index contributed by atoms with van der Waals surface area (Å²) in [7, 11) is 0. The topological polar surface area (TPSA) is 98.7 Å². The lowest BCUT2D eigenvalue weighted by molar-refractivity contribution is 0.102. The lowest BCUT2D eigenvalue weighted by atomic mass is 10.1. The molecule has 7 nitrogen and oxygen atoms in total. The SMILES string of the molecule is CCc1nnc(NC(=O)c2cn3c(n2)CCC(N)C3)s1. The van der Waals surface area contributed by atoms with E-state index in [-0.39, 0.29) is 11.9 Å². The van der Waals surface area contributed by atoms with Crippen molar-refractivity contribution in [3.8, 4) is 0 Å². The average molecular weight is 292 g/mol. The van der Waals surface area contributed by atoms with E-state index in [9.17, 15) is 4.79 Å². The largest absolute Gasteiger partial charge is 0.333 e. The van der Waals surface area contributed by atoms with E-state index in [1.54, 1.807) is 6.20 Å². The Balaban J connectivity index is 1.74. The Kier molecular flexibility index (Phi) is 3.49. The van der Waals surface area contributed by atoms with Crippen LogP contribution < -0.4 is 11.1 Å². The molecule has 0 bridgehead atoms. The minimum Gasteiger partial charge on any atom is -0.333 e. The van der Waals surface area contributed by atoms with Crippen molar-refractivity contribution in [1.82, 2.24) is 19.7 Å². The van der Waals surface area contributed by atoms with Crippen molar-refractivity contribution in [3.05, 3.63) is 22.7 Å². The Labute approximate surface area is 120 Å². The maximum Gasteiger partial charge on any atom is 0.277 e. The van der Waals surface area contributed by atoms with E-state index in [1.165, 1.54) is 11.3 Å². The summed E-state index contributed by atoms with van der Waals surface area (Å²) in [6.45, 7) is 2.72. The number of rotatable bonds is 3. The van der Waals surface area contributed by atoms with E-state index < -0.39 is 0 Å². The Morgan fingerprint density at radius 2 is 2.45 bits per heavy atom. The Morgan fingerprint density at radius 1 is 1.60 bits per heavy atom. The smallest absolute Gasteiger partial charge is 0.277 e. The van der Waals surface area contributed by atoms with Crippen LogP contribution >= 0.6 is 11.3 Å². The van der Waals surface area contributed by atoms with Crippen molar-refractivity contribution in [2.45, 2.75) is 38.8 Å². The molecule has 0 radical (unpaired) electrons. The third-order valence-electron chi connectivity index (χ3n) is 3.25. The van der Waals surface area contributed by atoms with Crippen LogP contribution in [0, 0.1) is 0 Å². The first-order valence-corrected chi connectivity index (χ1v) is 7.42. The van der Waals surface area contributed by atoms with Crippen molar-refractivity contribution >= 4 is 22.4 Å². The first-order valence-electron chi connectivity index (χ1n) is 6.61. The second kappa shape index (κ2) is 5.29. The minimum absolute atomic E-state index is 0.142. The van der Waals surface area contributed by atoms with Gasteiger partial charge in [0.25, 0.3) is 5.91 Å². The van der Waals surface area contributed by atoms with E-state index in [0.717, 1.165) is 30.1 Å². The second-order valence-electron chi connectivity index (χ2n) is 4.80. The van der Waals surface area contributed by atoms with Crippen molar-refractivity contribution in [2.24, 2.45) is 5.73 Å². The van der Waals surface area contributed by atoms with Crippen molar-refractivity contribution < 1.29 is 4.79 Å². The molecule has 0 aliphatic carbocycles. The molecule has 8 heteroatoms. The van der Waals surface area contributed by atoms with Gasteiger partial charge in [0.2, 0.25) is 5.13 Å². The molecule has 1 aliphatic rings. The standard InChI is InChI=1S/C12H16N6OS/c1-2-10-16-17-12(20-10)15-11(19)8-6-18-5-7(13)3-4-9(18)14-8/h6-7H,2-5,13H2,1H3,(H,15,17,19). The van der Waals surface area contributed by atoms with Crippen LogP contribution in [0.25, 0.3) is 0 Å². The summed E-state index contributed by atoms with van der Waals surface area (Å²) < 4.78 is 1.96. The molecule has 1 aliphatic heterocycles. The molecule has 3 rings (SSSR count). The normalized spacial score (nSPS) is 17.8. The summed E-state index contributed by atoms with van der Waals surface area (Å²) in [4.78, 5) is 16.5. The Hall–Kier alpha value is -1.80. The van der Waals surface area contributed by atoms with Gasteiger partial charge >= 0.3 is 0 Å². The van der Waals surface area contributed by atoms with Gasteiger partial charge in [-0.2, -0.15) is 0 Å². The third-order valence-corrected chi connectivity index (χ3v) is 4.23. The van der Waals surface area contributed by atoms with Gasteiger partial charge in [-0.15, -0.1) is 10.2 Å². The van der Waals surface area contributed by atoms with Crippen LogP contribution in [-0.2, 0) is 19.4 Å². The number of carbonyl (C=O) groups excluding carboxylic acids is 1. The summed E-state index contributed by atoms with van der Waals surface area (Å²) in [6, 6.07) is 0.142. The number of nitrogens with zero attached hydrogens (tertiary/aromatic N) is 4. The Morgan fingerprint density at radius 3 is 3.20 bits per heavy atom. The van der Waals surface area contributed by atoms with Crippen LogP contribution in [0.2, 0.25) is 0 Å². The van der Waals surface area contributed by atoms with Gasteiger partial charge in [-0.1, -0.05) is 18.3 Å². The van der Waals surface area contributed by atoms with Gasteiger partial charge < -0.3 is 10.3 Å². The highest BCUT2D eigenvalue weighted by atomic mass is 32.1. The average Bonchev–Trinajstić information content (AvgIpc) is 3.04. The summed E-state index contributed by atoms with van der Waals surface area (Å²) in [5.74, 6) is 0.669. The highest BCUT2D eigenvalue weighted by Crippen LogP contribution is 2.18. The zero-order valence-corrected chi connectivity index (χ0v) is 12.0.